The summed E-state index contributed by atoms with van der Waals surface area (Å²) in [4.78, 5) is 11.6. The van der Waals surface area contributed by atoms with Gasteiger partial charge in [-0.15, -0.1) is 0 Å². The van der Waals surface area contributed by atoms with Crippen LogP contribution in [0.5, 0.6) is 11.5 Å². The summed E-state index contributed by atoms with van der Waals surface area (Å²) in [6.07, 6.45) is 2.94. The van der Waals surface area contributed by atoms with Gasteiger partial charge in [-0.3, -0.25) is 10.1 Å². The molecule has 26 heavy (non-hydrogen) atoms. The first-order valence-corrected chi connectivity index (χ1v) is 8.28. The molecule has 7 heteroatoms. The average molecular weight is 358 g/mol. The third-order valence-electron chi connectivity index (χ3n) is 4.57. The van der Waals surface area contributed by atoms with E-state index < -0.39 is 16.4 Å². The van der Waals surface area contributed by atoms with Crippen molar-refractivity contribution in [2.45, 2.75) is 13.0 Å². The zero-order valence-corrected chi connectivity index (χ0v) is 14.3. The van der Waals surface area contributed by atoms with Gasteiger partial charge in [-0.25, -0.2) is 4.39 Å². The largest absolute Gasteiger partial charge is 0.865 e. The maximum atomic E-state index is 13.0. The highest BCUT2D eigenvalue weighted by Gasteiger charge is 2.19. The van der Waals surface area contributed by atoms with E-state index in [-0.39, 0.29) is 11.6 Å². The van der Waals surface area contributed by atoms with E-state index in [1.54, 1.807) is 18.2 Å². The van der Waals surface area contributed by atoms with Gasteiger partial charge in [0.15, 0.2) is 0 Å². The van der Waals surface area contributed by atoms with E-state index in [0.717, 1.165) is 25.1 Å². The molecule has 1 aliphatic rings. The van der Waals surface area contributed by atoms with E-state index in [1.807, 2.05) is 0 Å². The third kappa shape index (κ3) is 3.83. The zero-order chi connectivity index (χ0) is 18.7. The number of hydrogen-bond acceptors (Lipinski definition) is 4. The van der Waals surface area contributed by atoms with Crippen molar-refractivity contribution in [2.24, 2.45) is 0 Å². The maximum Gasteiger partial charge on any atom is 0.265 e. The second kappa shape index (κ2) is 7.53. The Kier molecular flexibility index (Phi) is 5.18. The fourth-order valence-electron chi connectivity index (χ4n) is 3.19. The minimum absolute atomic E-state index is 0.00634. The molecule has 0 amide bonds. The van der Waals surface area contributed by atoms with Crippen molar-refractivity contribution in [3.05, 3.63) is 69.5 Å². The lowest BCUT2D eigenvalue weighted by Crippen LogP contribution is -3.11. The number of nitro benzene ring substituents is 1. The molecule has 0 aromatic heterocycles. The topological polar surface area (TPSA) is 79.9 Å². The summed E-state index contributed by atoms with van der Waals surface area (Å²) < 4.78 is 18.0. The van der Waals surface area contributed by atoms with Gasteiger partial charge < -0.3 is 14.7 Å². The molecule has 2 aromatic carbocycles. The van der Waals surface area contributed by atoms with Gasteiger partial charge in [-0.1, -0.05) is 12.1 Å². The van der Waals surface area contributed by atoms with Crippen molar-refractivity contribution in [1.82, 2.24) is 0 Å². The number of halogens is 1. The summed E-state index contributed by atoms with van der Waals surface area (Å²) in [5, 5.41) is 23.0. The second-order valence-electron chi connectivity index (χ2n) is 6.27. The SMILES string of the molecule is COc1cc(C[NH+]2CC=C(c3ccc(F)cc3)CC2)cc([N+](=O)[O-])c1[O-]. The highest BCUT2D eigenvalue weighted by Crippen LogP contribution is 2.34. The number of nitrogens with one attached hydrogen (secondary N) is 1. The molecular formula is C19H19FN2O4. The van der Waals surface area contributed by atoms with Gasteiger partial charge in [0.25, 0.3) is 5.69 Å². The quantitative estimate of drug-likeness (QED) is 0.652. The Morgan fingerprint density at radius 1 is 1.27 bits per heavy atom. The summed E-state index contributed by atoms with van der Waals surface area (Å²) in [6, 6.07) is 9.34. The molecule has 0 bridgehead atoms. The van der Waals surface area contributed by atoms with Crippen LogP contribution < -0.4 is 14.7 Å². The van der Waals surface area contributed by atoms with Crippen molar-refractivity contribution in [3.63, 3.8) is 0 Å². The van der Waals surface area contributed by atoms with E-state index in [2.05, 4.69) is 6.08 Å². The molecule has 0 radical (unpaired) electrons. The highest BCUT2D eigenvalue weighted by atomic mass is 19.1. The summed E-state index contributed by atoms with van der Waals surface area (Å²) >= 11 is 0. The van der Waals surface area contributed by atoms with E-state index in [4.69, 9.17) is 4.74 Å². The number of nitro groups is 1. The first-order chi connectivity index (χ1) is 12.5. The summed E-state index contributed by atoms with van der Waals surface area (Å²) in [7, 11) is 1.33. The number of quaternary nitrogens is 1. The number of ether oxygens (including phenoxy) is 1. The molecule has 1 heterocycles. The van der Waals surface area contributed by atoms with Crippen LogP contribution in [0.3, 0.4) is 0 Å². The zero-order valence-electron chi connectivity index (χ0n) is 14.3. The Morgan fingerprint density at radius 3 is 2.58 bits per heavy atom. The highest BCUT2D eigenvalue weighted by molar-refractivity contribution is 5.66. The molecule has 0 saturated carbocycles. The predicted octanol–water partition coefficient (Wildman–Crippen LogP) is 1.69. The average Bonchev–Trinajstić information content (AvgIpc) is 2.64. The van der Waals surface area contributed by atoms with E-state index in [0.29, 0.717) is 12.1 Å². The van der Waals surface area contributed by atoms with E-state index >= 15 is 0 Å². The van der Waals surface area contributed by atoms with Crippen LogP contribution in [0.25, 0.3) is 5.57 Å². The lowest BCUT2D eigenvalue weighted by atomic mass is 9.99. The Labute approximate surface area is 150 Å². The van der Waals surface area contributed by atoms with E-state index in [9.17, 15) is 19.6 Å². The molecule has 1 aliphatic heterocycles. The molecule has 0 fully saturated rings. The van der Waals surface area contributed by atoms with Gasteiger partial charge in [0, 0.05) is 23.8 Å². The van der Waals surface area contributed by atoms with Crippen molar-refractivity contribution < 1.29 is 24.1 Å². The van der Waals surface area contributed by atoms with Gasteiger partial charge >= 0.3 is 0 Å². The van der Waals surface area contributed by atoms with Crippen LogP contribution in [0.2, 0.25) is 0 Å². The van der Waals surface area contributed by atoms with Crippen LogP contribution >= 0.6 is 0 Å². The number of hydrogen-bond donors (Lipinski definition) is 1. The Bertz CT molecular complexity index is 849. The number of rotatable bonds is 5. The first-order valence-electron chi connectivity index (χ1n) is 8.28. The molecule has 0 aliphatic carbocycles. The predicted molar refractivity (Wildman–Crippen MR) is 92.5 cm³/mol. The Hall–Kier alpha value is -2.93. The van der Waals surface area contributed by atoms with Gasteiger partial charge in [-0.2, -0.15) is 0 Å². The first kappa shape index (κ1) is 17.9. The van der Waals surface area contributed by atoms with Crippen molar-refractivity contribution in [1.29, 1.82) is 0 Å². The van der Waals surface area contributed by atoms with Gasteiger partial charge in [-0.05, 0) is 35.4 Å². The lowest BCUT2D eigenvalue weighted by molar-refractivity contribution is -0.908. The second-order valence-corrected chi connectivity index (χ2v) is 6.27. The fourth-order valence-corrected chi connectivity index (χ4v) is 3.19. The van der Waals surface area contributed by atoms with Gasteiger partial charge in [0.2, 0.25) is 0 Å². The summed E-state index contributed by atoms with van der Waals surface area (Å²) in [5.74, 6) is -0.962. The minimum atomic E-state index is -0.701. The standard InChI is InChI=1S/C19H19FN2O4/c1-26-18-11-13(10-17(19(18)23)22(24)25)12-21-8-6-15(7-9-21)14-2-4-16(20)5-3-14/h2-6,10-11,23H,7-9,12H2,1H3. The van der Waals surface area contributed by atoms with Crippen LogP contribution in [-0.2, 0) is 6.54 Å². The minimum Gasteiger partial charge on any atom is -0.865 e. The molecular weight excluding hydrogens is 339 g/mol. The number of benzene rings is 2. The molecule has 1 unspecified atom stereocenters. The molecule has 6 nitrogen and oxygen atoms in total. The van der Waals surface area contributed by atoms with Crippen LogP contribution in [0, 0.1) is 15.9 Å². The molecule has 3 rings (SSSR count). The van der Waals surface area contributed by atoms with Crippen LogP contribution in [0.15, 0.2) is 42.5 Å². The van der Waals surface area contributed by atoms with Gasteiger partial charge in [0.1, 0.15) is 18.1 Å². The molecule has 0 saturated heterocycles. The van der Waals surface area contributed by atoms with Crippen molar-refractivity contribution in [2.75, 3.05) is 20.2 Å². The lowest BCUT2D eigenvalue weighted by Gasteiger charge is -2.24. The monoisotopic (exact) mass is 358 g/mol. The fraction of sp³-hybridized carbons (Fsp3) is 0.263. The van der Waals surface area contributed by atoms with Crippen molar-refractivity contribution >= 4 is 11.3 Å². The van der Waals surface area contributed by atoms with Crippen LogP contribution in [0.4, 0.5) is 10.1 Å². The summed E-state index contributed by atoms with van der Waals surface area (Å²) in [5.41, 5.74) is 2.42. The molecule has 2 aromatic rings. The third-order valence-corrected chi connectivity index (χ3v) is 4.57. The van der Waals surface area contributed by atoms with Crippen molar-refractivity contribution in [3.8, 4) is 11.5 Å². The van der Waals surface area contributed by atoms with Crippen LogP contribution in [0.1, 0.15) is 17.5 Å². The summed E-state index contributed by atoms with van der Waals surface area (Å²) in [6.45, 7) is 2.16. The maximum absolute atomic E-state index is 13.0. The Balaban J connectivity index is 1.74. The molecule has 0 spiro atoms. The Morgan fingerprint density at radius 2 is 2.00 bits per heavy atom. The molecule has 1 N–H and O–H groups in total. The smallest absolute Gasteiger partial charge is 0.265 e. The number of nitrogens with zero attached hydrogens (tertiary/aromatic N) is 1. The normalized spacial score (nSPS) is 16.8. The number of methoxy groups -OCH3 is 1. The van der Waals surface area contributed by atoms with Gasteiger partial charge in [0.05, 0.1) is 25.1 Å². The van der Waals surface area contributed by atoms with Crippen LogP contribution in [-0.4, -0.2) is 25.1 Å². The van der Waals surface area contributed by atoms with E-state index in [1.165, 1.54) is 35.8 Å². The molecule has 136 valence electrons. The molecule has 1 atom stereocenters.